The summed E-state index contributed by atoms with van der Waals surface area (Å²) < 4.78 is 25.1. The fraction of sp³-hybridized carbons (Fsp3) is 0.231. The lowest BCUT2D eigenvalue weighted by Gasteiger charge is -2.19. The van der Waals surface area contributed by atoms with Gasteiger partial charge in [-0.05, 0) is 23.9 Å². The van der Waals surface area contributed by atoms with Crippen LogP contribution in [0.15, 0.2) is 52.1 Å². The highest BCUT2D eigenvalue weighted by atomic mass is 32.2. The van der Waals surface area contributed by atoms with E-state index in [1.807, 2.05) is 30.3 Å². The van der Waals surface area contributed by atoms with Crippen molar-refractivity contribution in [2.45, 2.75) is 22.4 Å². The van der Waals surface area contributed by atoms with Crippen LogP contribution in [0.3, 0.4) is 0 Å². The molecule has 2 atom stereocenters. The molecule has 0 bridgehead atoms. The molecule has 1 aromatic carbocycles. The molecule has 0 radical (unpaired) electrons. The topological polar surface area (TPSA) is 60.2 Å². The Balaban J connectivity index is 2.30. The zero-order valence-corrected chi connectivity index (χ0v) is 11.6. The van der Waals surface area contributed by atoms with Gasteiger partial charge in [0.1, 0.15) is 4.21 Å². The van der Waals surface area contributed by atoms with Gasteiger partial charge in [-0.25, -0.2) is 8.42 Å². The molecule has 1 heterocycles. The van der Waals surface area contributed by atoms with Gasteiger partial charge in [0.2, 0.25) is 0 Å². The molecule has 0 aliphatic heterocycles. The number of thiophene rings is 1. The molecule has 0 aliphatic rings. The van der Waals surface area contributed by atoms with Crippen LogP contribution in [0.1, 0.15) is 18.5 Å². The standard InChI is InChI=1S/C13H15NO2S2/c1-10(13(14)11-6-3-2-4-7-11)18(15,16)12-8-5-9-17-12/h2-10,13H,14H2,1H3. The Kier molecular flexibility index (Phi) is 3.85. The molecule has 2 unspecified atom stereocenters. The van der Waals surface area contributed by atoms with Crippen molar-refractivity contribution in [2.75, 3.05) is 0 Å². The van der Waals surface area contributed by atoms with Gasteiger partial charge in [-0.3, -0.25) is 0 Å². The summed E-state index contributed by atoms with van der Waals surface area (Å²) in [5.74, 6) is 0. The number of nitrogens with two attached hydrogens (primary N) is 1. The predicted octanol–water partition coefficient (Wildman–Crippen LogP) is 2.61. The zero-order chi connectivity index (χ0) is 13.2. The summed E-state index contributed by atoms with van der Waals surface area (Å²) in [6.45, 7) is 1.66. The van der Waals surface area contributed by atoms with E-state index in [-0.39, 0.29) is 0 Å². The van der Waals surface area contributed by atoms with Crippen molar-refractivity contribution in [3.05, 3.63) is 53.4 Å². The molecule has 2 aromatic rings. The first-order valence-corrected chi connectivity index (χ1v) is 8.04. The third-order valence-corrected chi connectivity index (χ3v) is 6.57. The van der Waals surface area contributed by atoms with Crippen LogP contribution in [-0.2, 0) is 9.84 Å². The quantitative estimate of drug-likeness (QED) is 0.937. The van der Waals surface area contributed by atoms with Crippen LogP contribution in [0.4, 0.5) is 0 Å². The maximum atomic E-state index is 12.3. The van der Waals surface area contributed by atoms with Gasteiger partial charge in [0, 0.05) is 6.04 Å². The molecule has 2 rings (SSSR count). The summed E-state index contributed by atoms with van der Waals surface area (Å²) in [5, 5.41) is 1.12. The van der Waals surface area contributed by atoms with Crippen molar-refractivity contribution in [3.63, 3.8) is 0 Å². The van der Waals surface area contributed by atoms with Gasteiger partial charge in [0.25, 0.3) is 0 Å². The monoisotopic (exact) mass is 281 g/mol. The highest BCUT2D eigenvalue weighted by Crippen LogP contribution is 2.27. The van der Waals surface area contributed by atoms with Crippen LogP contribution >= 0.6 is 11.3 Å². The van der Waals surface area contributed by atoms with Crippen molar-refractivity contribution >= 4 is 21.2 Å². The summed E-state index contributed by atoms with van der Waals surface area (Å²) in [5.41, 5.74) is 6.89. The fourth-order valence-corrected chi connectivity index (χ4v) is 4.53. The number of hydrogen-bond donors (Lipinski definition) is 1. The summed E-state index contributed by atoms with van der Waals surface area (Å²) in [7, 11) is -3.35. The largest absolute Gasteiger partial charge is 0.323 e. The predicted molar refractivity (Wildman–Crippen MR) is 74.3 cm³/mol. The third kappa shape index (κ3) is 2.48. The summed E-state index contributed by atoms with van der Waals surface area (Å²) >= 11 is 1.23. The fourth-order valence-electron chi connectivity index (χ4n) is 1.75. The van der Waals surface area contributed by atoms with E-state index in [0.717, 1.165) is 5.56 Å². The van der Waals surface area contributed by atoms with Crippen LogP contribution < -0.4 is 5.73 Å². The van der Waals surface area contributed by atoms with Gasteiger partial charge >= 0.3 is 0 Å². The molecule has 2 N–H and O–H groups in total. The van der Waals surface area contributed by atoms with E-state index in [0.29, 0.717) is 4.21 Å². The van der Waals surface area contributed by atoms with Gasteiger partial charge in [-0.15, -0.1) is 11.3 Å². The highest BCUT2D eigenvalue weighted by Gasteiger charge is 2.30. The second kappa shape index (κ2) is 5.22. The van der Waals surface area contributed by atoms with Crippen molar-refractivity contribution < 1.29 is 8.42 Å². The molecule has 3 nitrogen and oxygen atoms in total. The molecular formula is C13H15NO2S2. The Bertz CT molecular complexity index is 591. The second-order valence-corrected chi connectivity index (χ2v) is 7.60. The molecule has 1 aromatic heterocycles. The zero-order valence-electron chi connectivity index (χ0n) is 9.98. The van der Waals surface area contributed by atoms with E-state index >= 15 is 0 Å². The molecule has 18 heavy (non-hydrogen) atoms. The van der Waals surface area contributed by atoms with Crippen LogP contribution in [0.5, 0.6) is 0 Å². The van der Waals surface area contributed by atoms with Crippen molar-refractivity contribution in [3.8, 4) is 0 Å². The Morgan fingerprint density at radius 1 is 1.11 bits per heavy atom. The molecular weight excluding hydrogens is 266 g/mol. The second-order valence-electron chi connectivity index (χ2n) is 4.12. The Labute approximate surface area is 111 Å². The van der Waals surface area contributed by atoms with Crippen molar-refractivity contribution in [2.24, 2.45) is 5.73 Å². The Morgan fingerprint density at radius 3 is 2.33 bits per heavy atom. The minimum absolute atomic E-state index is 0.376. The van der Waals surface area contributed by atoms with Gasteiger partial charge < -0.3 is 5.73 Å². The van der Waals surface area contributed by atoms with E-state index in [9.17, 15) is 8.42 Å². The van der Waals surface area contributed by atoms with Crippen LogP contribution in [-0.4, -0.2) is 13.7 Å². The van der Waals surface area contributed by atoms with E-state index in [2.05, 4.69) is 0 Å². The number of hydrogen-bond acceptors (Lipinski definition) is 4. The molecule has 0 spiro atoms. The van der Waals surface area contributed by atoms with E-state index in [1.165, 1.54) is 11.3 Å². The van der Waals surface area contributed by atoms with E-state index in [4.69, 9.17) is 5.73 Å². The van der Waals surface area contributed by atoms with Crippen LogP contribution in [0, 0.1) is 0 Å². The van der Waals surface area contributed by atoms with Crippen molar-refractivity contribution in [1.82, 2.24) is 0 Å². The van der Waals surface area contributed by atoms with E-state index in [1.54, 1.807) is 24.4 Å². The van der Waals surface area contributed by atoms with Gasteiger partial charge in [0.15, 0.2) is 9.84 Å². The van der Waals surface area contributed by atoms with Gasteiger partial charge in [-0.1, -0.05) is 36.4 Å². The minimum atomic E-state index is -3.35. The van der Waals surface area contributed by atoms with Crippen LogP contribution in [0.2, 0.25) is 0 Å². The maximum absolute atomic E-state index is 12.3. The number of benzene rings is 1. The molecule has 5 heteroatoms. The maximum Gasteiger partial charge on any atom is 0.192 e. The smallest absolute Gasteiger partial charge is 0.192 e. The normalized spacial score (nSPS) is 15.2. The third-order valence-electron chi connectivity index (χ3n) is 2.96. The summed E-state index contributed by atoms with van der Waals surface area (Å²) in [6.07, 6.45) is 0. The minimum Gasteiger partial charge on any atom is -0.323 e. The molecule has 0 fully saturated rings. The highest BCUT2D eigenvalue weighted by molar-refractivity contribution is 7.94. The number of sulfone groups is 1. The van der Waals surface area contributed by atoms with E-state index < -0.39 is 21.1 Å². The lowest BCUT2D eigenvalue weighted by atomic mass is 10.1. The summed E-state index contributed by atoms with van der Waals surface area (Å²) in [4.78, 5) is 0. The lowest BCUT2D eigenvalue weighted by Crippen LogP contribution is -2.30. The molecule has 96 valence electrons. The first kappa shape index (κ1) is 13.3. The first-order chi connectivity index (χ1) is 8.53. The average molecular weight is 281 g/mol. The Hall–Kier alpha value is -1.17. The van der Waals surface area contributed by atoms with Gasteiger partial charge in [0.05, 0.1) is 5.25 Å². The molecule has 0 saturated heterocycles. The van der Waals surface area contributed by atoms with Gasteiger partial charge in [-0.2, -0.15) is 0 Å². The first-order valence-electron chi connectivity index (χ1n) is 5.61. The van der Waals surface area contributed by atoms with Crippen LogP contribution in [0.25, 0.3) is 0 Å². The summed E-state index contributed by atoms with van der Waals surface area (Å²) in [6, 6.07) is 12.1. The molecule has 0 saturated carbocycles. The number of rotatable bonds is 4. The SMILES string of the molecule is CC(C(N)c1ccccc1)S(=O)(=O)c1cccs1. The average Bonchev–Trinajstić information content (AvgIpc) is 2.92. The lowest BCUT2D eigenvalue weighted by molar-refractivity contribution is 0.567. The molecule has 0 aliphatic carbocycles. The Morgan fingerprint density at radius 2 is 1.78 bits per heavy atom. The van der Waals surface area contributed by atoms with Crippen molar-refractivity contribution in [1.29, 1.82) is 0 Å². The molecule has 0 amide bonds.